The lowest BCUT2D eigenvalue weighted by atomic mass is 9.85. The zero-order chi connectivity index (χ0) is 16.4. The van der Waals surface area contributed by atoms with Crippen molar-refractivity contribution in [3.63, 3.8) is 0 Å². The number of hydrogen-bond donors (Lipinski definition) is 1. The number of carbonyl (C=O) groups is 3. The molecule has 120 valence electrons. The molecule has 1 aliphatic carbocycles. The van der Waals surface area contributed by atoms with E-state index in [0.29, 0.717) is 18.5 Å². The highest BCUT2D eigenvalue weighted by Gasteiger charge is 2.46. The largest absolute Gasteiger partial charge is 0.326 e. The van der Waals surface area contributed by atoms with Crippen LogP contribution in [0.3, 0.4) is 0 Å². The third-order valence-corrected chi connectivity index (χ3v) is 4.27. The van der Waals surface area contributed by atoms with Crippen LogP contribution in [-0.2, 0) is 14.4 Å². The van der Waals surface area contributed by atoms with Gasteiger partial charge in [0, 0.05) is 18.7 Å². The van der Waals surface area contributed by atoms with Crippen molar-refractivity contribution in [3.05, 3.63) is 42.2 Å². The summed E-state index contributed by atoms with van der Waals surface area (Å²) < 4.78 is 13.1. The van der Waals surface area contributed by atoms with Gasteiger partial charge in [0.15, 0.2) is 0 Å². The summed E-state index contributed by atoms with van der Waals surface area (Å²) in [4.78, 5) is 37.6. The highest BCUT2D eigenvalue weighted by Crippen LogP contribution is 2.34. The SMILES string of the molecule is O=C(CCN1C(=O)C2CC=CCC2C1=O)Nc1cccc(F)c1. The summed E-state index contributed by atoms with van der Waals surface area (Å²) in [6.07, 6.45) is 5.02. The Hall–Kier alpha value is -2.50. The minimum atomic E-state index is -0.440. The van der Waals surface area contributed by atoms with Gasteiger partial charge in [-0.25, -0.2) is 4.39 Å². The van der Waals surface area contributed by atoms with Crippen molar-refractivity contribution >= 4 is 23.4 Å². The molecule has 1 fully saturated rings. The van der Waals surface area contributed by atoms with Crippen LogP contribution in [0.15, 0.2) is 36.4 Å². The topological polar surface area (TPSA) is 66.5 Å². The second-order valence-electron chi connectivity index (χ2n) is 5.79. The van der Waals surface area contributed by atoms with Gasteiger partial charge in [0.2, 0.25) is 17.7 Å². The Kier molecular flexibility index (Phi) is 4.23. The number of benzene rings is 1. The van der Waals surface area contributed by atoms with E-state index in [0.717, 1.165) is 0 Å². The molecule has 2 atom stereocenters. The Morgan fingerprint density at radius 2 is 1.83 bits per heavy atom. The molecule has 6 heteroatoms. The number of amides is 3. The number of likely N-dealkylation sites (tertiary alicyclic amines) is 1. The number of rotatable bonds is 4. The number of nitrogens with one attached hydrogen (secondary N) is 1. The summed E-state index contributed by atoms with van der Waals surface area (Å²) >= 11 is 0. The van der Waals surface area contributed by atoms with E-state index in [9.17, 15) is 18.8 Å². The van der Waals surface area contributed by atoms with Gasteiger partial charge < -0.3 is 5.32 Å². The van der Waals surface area contributed by atoms with Crippen LogP contribution in [0.5, 0.6) is 0 Å². The van der Waals surface area contributed by atoms with Crippen molar-refractivity contribution < 1.29 is 18.8 Å². The van der Waals surface area contributed by atoms with Crippen molar-refractivity contribution in [2.75, 3.05) is 11.9 Å². The first-order valence-electron chi connectivity index (χ1n) is 7.62. The first-order valence-corrected chi connectivity index (χ1v) is 7.62. The Morgan fingerprint density at radius 3 is 2.43 bits per heavy atom. The third kappa shape index (κ3) is 3.16. The molecule has 0 aromatic heterocycles. The quantitative estimate of drug-likeness (QED) is 0.683. The molecular formula is C17H17FN2O3. The predicted molar refractivity (Wildman–Crippen MR) is 81.7 cm³/mol. The van der Waals surface area contributed by atoms with Crippen LogP contribution in [0.1, 0.15) is 19.3 Å². The smallest absolute Gasteiger partial charge is 0.233 e. The van der Waals surface area contributed by atoms with Crippen LogP contribution in [0.4, 0.5) is 10.1 Å². The highest BCUT2D eigenvalue weighted by atomic mass is 19.1. The summed E-state index contributed by atoms with van der Waals surface area (Å²) in [6.45, 7) is 0.0613. The van der Waals surface area contributed by atoms with Crippen molar-refractivity contribution in [2.45, 2.75) is 19.3 Å². The number of imide groups is 1. The third-order valence-electron chi connectivity index (χ3n) is 4.27. The second-order valence-corrected chi connectivity index (χ2v) is 5.79. The van der Waals surface area contributed by atoms with Crippen molar-refractivity contribution in [2.24, 2.45) is 11.8 Å². The fraction of sp³-hybridized carbons (Fsp3) is 0.353. The second kappa shape index (κ2) is 6.32. The summed E-state index contributed by atoms with van der Waals surface area (Å²) in [5.74, 6) is -1.74. The molecule has 0 bridgehead atoms. The maximum atomic E-state index is 13.1. The predicted octanol–water partition coefficient (Wildman–Crippen LogP) is 2.11. The molecule has 0 saturated carbocycles. The molecule has 1 saturated heterocycles. The van der Waals surface area contributed by atoms with E-state index >= 15 is 0 Å². The average molecular weight is 316 g/mol. The molecule has 3 amide bonds. The molecule has 0 radical (unpaired) electrons. The van der Waals surface area contributed by atoms with E-state index in [1.807, 2.05) is 12.2 Å². The minimum Gasteiger partial charge on any atom is -0.326 e. The van der Waals surface area contributed by atoms with Gasteiger partial charge in [-0.1, -0.05) is 18.2 Å². The number of allylic oxidation sites excluding steroid dienone is 2. The first kappa shape index (κ1) is 15.4. The van der Waals surface area contributed by atoms with Crippen LogP contribution >= 0.6 is 0 Å². The monoisotopic (exact) mass is 316 g/mol. The summed E-state index contributed by atoms with van der Waals surface area (Å²) in [6, 6.07) is 5.57. The number of anilines is 1. The molecule has 1 N–H and O–H groups in total. The van der Waals surface area contributed by atoms with Gasteiger partial charge in [0.05, 0.1) is 11.8 Å². The van der Waals surface area contributed by atoms with E-state index in [2.05, 4.69) is 5.32 Å². The van der Waals surface area contributed by atoms with Gasteiger partial charge in [0.25, 0.3) is 0 Å². The van der Waals surface area contributed by atoms with Crippen LogP contribution in [0.2, 0.25) is 0 Å². The first-order chi connectivity index (χ1) is 11.1. The molecule has 0 spiro atoms. The van der Waals surface area contributed by atoms with Gasteiger partial charge in [-0.3, -0.25) is 19.3 Å². The molecule has 2 unspecified atom stereocenters. The van der Waals surface area contributed by atoms with E-state index in [4.69, 9.17) is 0 Å². The molecule has 3 rings (SSSR count). The van der Waals surface area contributed by atoms with Crippen molar-refractivity contribution in [1.82, 2.24) is 4.90 Å². The van der Waals surface area contributed by atoms with E-state index in [1.165, 1.54) is 23.1 Å². The standard InChI is InChI=1S/C17H17FN2O3/c18-11-4-3-5-12(10-11)19-15(21)8-9-20-16(22)13-6-1-2-7-14(13)17(20)23/h1-5,10,13-14H,6-9H2,(H,19,21). The Balaban J connectivity index is 1.57. The van der Waals surface area contributed by atoms with E-state index in [-0.39, 0.29) is 42.5 Å². The lowest BCUT2D eigenvalue weighted by Crippen LogP contribution is -2.34. The molecule has 2 aliphatic rings. The van der Waals surface area contributed by atoms with Crippen molar-refractivity contribution in [1.29, 1.82) is 0 Å². The van der Waals surface area contributed by atoms with Gasteiger partial charge in [-0.15, -0.1) is 0 Å². The molecule has 1 aliphatic heterocycles. The fourth-order valence-electron chi connectivity index (χ4n) is 3.09. The Bertz CT molecular complexity index is 660. The Labute approximate surface area is 133 Å². The van der Waals surface area contributed by atoms with Crippen LogP contribution < -0.4 is 5.32 Å². The summed E-state index contributed by atoms with van der Waals surface area (Å²) in [5, 5.41) is 2.56. The summed E-state index contributed by atoms with van der Waals surface area (Å²) in [5.41, 5.74) is 0.354. The summed E-state index contributed by atoms with van der Waals surface area (Å²) in [7, 11) is 0. The van der Waals surface area contributed by atoms with Crippen LogP contribution in [0, 0.1) is 17.7 Å². The lowest BCUT2D eigenvalue weighted by molar-refractivity contribution is -0.140. The number of halogens is 1. The molecule has 5 nitrogen and oxygen atoms in total. The molecular weight excluding hydrogens is 299 g/mol. The zero-order valence-corrected chi connectivity index (χ0v) is 12.5. The number of carbonyl (C=O) groups excluding carboxylic acids is 3. The maximum absolute atomic E-state index is 13.1. The van der Waals surface area contributed by atoms with E-state index < -0.39 is 5.82 Å². The molecule has 1 aromatic rings. The lowest BCUT2D eigenvalue weighted by Gasteiger charge is -2.14. The normalized spacial score (nSPS) is 23.1. The zero-order valence-electron chi connectivity index (χ0n) is 12.5. The number of fused-ring (bicyclic) bond motifs is 1. The minimum absolute atomic E-state index is 0.000855. The van der Waals surface area contributed by atoms with Crippen LogP contribution in [0.25, 0.3) is 0 Å². The van der Waals surface area contributed by atoms with Gasteiger partial charge in [0.1, 0.15) is 5.82 Å². The van der Waals surface area contributed by atoms with E-state index in [1.54, 1.807) is 6.07 Å². The highest BCUT2D eigenvalue weighted by molar-refractivity contribution is 6.05. The maximum Gasteiger partial charge on any atom is 0.233 e. The molecule has 1 heterocycles. The van der Waals surface area contributed by atoms with Crippen molar-refractivity contribution in [3.8, 4) is 0 Å². The van der Waals surface area contributed by atoms with Crippen LogP contribution in [-0.4, -0.2) is 29.2 Å². The van der Waals surface area contributed by atoms with Gasteiger partial charge >= 0.3 is 0 Å². The average Bonchev–Trinajstić information content (AvgIpc) is 2.77. The van der Waals surface area contributed by atoms with Gasteiger partial charge in [-0.05, 0) is 31.0 Å². The van der Waals surface area contributed by atoms with Gasteiger partial charge in [-0.2, -0.15) is 0 Å². The number of nitrogens with zero attached hydrogens (tertiary/aromatic N) is 1. The molecule has 1 aromatic carbocycles. The number of hydrogen-bond acceptors (Lipinski definition) is 3. The molecule has 23 heavy (non-hydrogen) atoms. The Morgan fingerprint density at radius 1 is 1.17 bits per heavy atom. The fourth-order valence-corrected chi connectivity index (χ4v) is 3.09.